The highest BCUT2D eigenvalue weighted by Crippen LogP contribution is 2.19. The van der Waals surface area contributed by atoms with E-state index in [0.717, 1.165) is 0 Å². The van der Waals surface area contributed by atoms with Crippen LogP contribution >= 0.6 is 0 Å². The first-order valence-corrected chi connectivity index (χ1v) is 8.86. The molecule has 10 heteroatoms. The summed E-state index contributed by atoms with van der Waals surface area (Å²) in [6, 6.07) is 5.72. The molecule has 0 spiro atoms. The molecule has 134 valence electrons. The van der Waals surface area contributed by atoms with Crippen LogP contribution in [0.25, 0.3) is 0 Å². The molecule has 0 radical (unpaired) electrons. The number of nitrogens with zero attached hydrogens (tertiary/aromatic N) is 3. The lowest BCUT2D eigenvalue weighted by Crippen LogP contribution is -2.51. The van der Waals surface area contributed by atoms with Gasteiger partial charge in [-0.25, -0.2) is 0 Å². The van der Waals surface area contributed by atoms with E-state index in [1.807, 2.05) is 0 Å². The van der Waals surface area contributed by atoms with E-state index in [1.54, 1.807) is 26.8 Å². The quantitative estimate of drug-likeness (QED) is 0.224. The van der Waals surface area contributed by atoms with Crippen molar-refractivity contribution in [3.8, 4) is 0 Å². The number of hydrogen-bond donors (Lipinski definition) is 0. The van der Waals surface area contributed by atoms with E-state index in [9.17, 15) is 23.6 Å². The smallest absolute Gasteiger partial charge is 0.416 e. The van der Waals surface area contributed by atoms with Crippen LogP contribution in [0.1, 0.15) is 26.3 Å². The van der Waals surface area contributed by atoms with Crippen LogP contribution in [0.3, 0.4) is 0 Å². The molecular weight excluding hydrogens is 338 g/mol. The van der Waals surface area contributed by atoms with Gasteiger partial charge in [-0.3, -0.25) is 10.1 Å². The van der Waals surface area contributed by atoms with Gasteiger partial charge in [-0.2, -0.15) is 3.89 Å². The van der Waals surface area contributed by atoms with E-state index in [0.29, 0.717) is 0 Å². The Bertz CT molecular complexity index is 705. The topological polar surface area (TPSA) is 122 Å². The van der Waals surface area contributed by atoms with Gasteiger partial charge in [0, 0.05) is 18.2 Å². The second kappa shape index (κ2) is 8.06. The molecule has 0 aliphatic heterocycles. The van der Waals surface area contributed by atoms with Gasteiger partial charge in [0.05, 0.1) is 24.6 Å². The fourth-order valence-corrected chi connectivity index (χ4v) is 3.71. The highest BCUT2D eigenvalue weighted by Gasteiger charge is 2.37. The average molecular weight is 359 g/mol. The lowest BCUT2D eigenvalue weighted by molar-refractivity contribution is -0.800. The molecule has 0 saturated heterocycles. The molecule has 1 aromatic rings. The van der Waals surface area contributed by atoms with E-state index in [4.69, 9.17) is 4.74 Å². The molecule has 0 aliphatic rings. The van der Waals surface area contributed by atoms with Gasteiger partial charge in [-0.1, -0.05) is 22.6 Å². The largest absolute Gasteiger partial charge is 0.594 e. The average Bonchev–Trinajstić information content (AvgIpc) is 2.54. The fraction of sp³-hybridized carbons (Fsp3) is 0.500. The lowest BCUT2D eigenvalue weighted by Gasteiger charge is -2.31. The zero-order valence-electron chi connectivity index (χ0n) is 13.8. The minimum Gasteiger partial charge on any atom is -0.594 e. The molecule has 0 N–H and O–H groups in total. The van der Waals surface area contributed by atoms with Crippen LogP contribution in [0.15, 0.2) is 28.7 Å². The molecule has 0 atom stereocenters. The Morgan fingerprint density at radius 2 is 1.75 bits per heavy atom. The molecule has 0 saturated carbocycles. The van der Waals surface area contributed by atoms with Crippen molar-refractivity contribution in [1.29, 1.82) is 0 Å². The first kappa shape index (κ1) is 19.8. The molecule has 0 fully saturated rings. The Hall–Kier alpha value is -2.20. The highest BCUT2D eigenvalue weighted by molar-refractivity contribution is 7.84. The summed E-state index contributed by atoms with van der Waals surface area (Å²) < 4.78 is 32.3. The Balaban J connectivity index is 2.98. The molecule has 9 nitrogen and oxygen atoms in total. The number of rotatable bonds is 8. The van der Waals surface area contributed by atoms with Gasteiger partial charge in [-0.15, -0.1) is 8.42 Å². The molecule has 24 heavy (non-hydrogen) atoms. The molecule has 0 amide bonds. The summed E-state index contributed by atoms with van der Waals surface area (Å²) in [5.74, 6) is 0. The van der Waals surface area contributed by atoms with Crippen molar-refractivity contribution in [2.24, 2.45) is 4.40 Å². The van der Waals surface area contributed by atoms with Crippen LogP contribution in [-0.2, 0) is 21.6 Å². The number of nitro groups is 1. The second-order valence-corrected chi connectivity index (χ2v) is 6.84. The monoisotopic (exact) mass is 359 g/mol. The first-order valence-electron chi connectivity index (χ1n) is 7.46. The van der Waals surface area contributed by atoms with Gasteiger partial charge in [0.15, 0.2) is 6.08 Å². The maximum absolute atomic E-state index is 12.3. The van der Waals surface area contributed by atoms with E-state index >= 15 is 0 Å². The summed E-state index contributed by atoms with van der Waals surface area (Å²) in [6.07, 6.45) is -1.29. The summed E-state index contributed by atoms with van der Waals surface area (Å²) in [7, 11) is -4.11. The molecule has 0 aromatic heterocycles. The Morgan fingerprint density at radius 3 is 2.25 bits per heavy atom. The summed E-state index contributed by atoms with van der Waals surface area (Å²) in [5, 5.41) is 22.6. The van der Waals surface area contributed by atoms with Gasteiger partial charge in [0.1, 0.15) is 0 Å². The molecule has 0 unspecified atom stereocenters. The number of quaternary nitrogens is 1. The van der Waals surface area contributed by atoms with Crippen molar-refractivity contribution in [3.05, 3.63) is 39.9 Å². The summed E-state index contributed by atoms with van der Waals surface area (Å²) in [6.45, 7) is 5.43. The SMILES string of the molecule is CC[N+](CC)(CC)S(=O)(=O)/N=C(\[O-])OCc1ccccc1[N+](=O)[O-]. The molecule has 0 heterocycles. The van der Waals surface area contributed by atoms with E-state index in [-0.39, 0.29) is 34.8 Å². The van der Waals surface area contributed by atoms with E-state index in [1.165, 1.54) is 18.2 Å². The Morgan fingerprint density at radius 1 is 1.21 bits per heavy atom. The van der Waals surface area contributed by atoms with Crippen molar-refractivity contribution < 1.29 is 27.1 Å². The lowest BCUT2D eigenvalue weighted by atomic mass is 10.2. The van der Waals surface area contributed by atoms with Gasteiger partial charge >= 0.3 is 10.2 Å². The highest BCUT2D eigenvalue weighted by atomic mass is 32.2. The standard InChI is InChI=1S/C14H21N3O6S/c1-4-17(5-2,6-3)24(21,22)15-14(18)23-11-12-9-7-8-10-13(12)16(19)20/h7-10H,4-6,11H2,1-3H3. The normalized spacial score (nSPS) is 12.9. The number of nitro benzene ring substituents is 1. The van der Waals surface area contributed by atoms with Crippen molar-refractivity contribution >= 4 is 22.0 Å². The predicted molar refractivity (Wildman–Crippen MR) is 86.1 cm³/mol. The van der Waals surface area contributed by atoms with Crippen LogP contribution in [0.5, 0.6) is 0 Å². The fourth-order valence-electron chi connectivity index (χ4n) is 2.32. The van der Waals surface area contributed by atoms with Crippen molar-refractivity contribution in [2.75, 3.05) is 19.6 Å². The second-order valence-electron chi connectivity index (χ2n) is 4.99. The molecular formula is C14H21N3O6S. The van der Waals surface area contributed by atoms with E-state index in [2.05, 4.69) is 4.40 Å². The van der Waals surface area contributed by atoms with Crippen LogP contribution in [-0.4, -0.2) is 42.9 Å². The van der Waals surface area contributed by atoms with E-state index < -0.39 is 27.8 Å². The predicted octanol–water partition coefficient (Wildman–Crippen LogP) is 0.949. The van der Waals surface area contributed by atoms with Crippen molar-refractivity contribution in [3.63, 3.8) is 0 Å². The Labute approximate surface area is 141 Å². The number of benzene rings is 1. The first-order chi connectivity index (χ1) is 11.2. The minimum atomic E-state index is -4.11. The third-order valence-corrected chi connectivity index (χ3v) is 6.08. The van der Waals surface area contributed by atoms with Gasteiger partial charge in [0.25, 0.3) is 5.69 Å². The maximum Gasteiger partial charge on any atom is 0.416 e. The van der Waals surface area contributed by atoms with Gasteiger partial charge in [-0.05, 0) is 20.8 Å². The van der Waals surface area contributed by atoms with Crippen molar-refractivity contribution in [1.82, 2.24) is 0 Å². The number of hydrogen-bond acceptors (Lipinski definition) is 6. The summed E-state index contributed by atoms with van der Waals surface area (Å²) in [5.41, 5.74) is -0.0559. The Kier molecular flexibility index (Phi) is 6.67. The maximum atomic E-state index is 12.3. The zero-order chi connectivity index (χ0) is 18.4. The summed E-state index contributed by atoms with van der Waals surface area (Å²) in [4.78, 5) is 10.3. The van der Waals surface area contributed by atoms with Crippen LogP contribution in [0.2, 0.25) is 0 Å². The minimum absolute atomic E-state index is 0.158. The van der Waals surface area contributed by atoms with Crippen LogP contribution in [0.4, 0.5) is 5.69 Å². The van der Waals surface area contributed by atoms with Crippen LogP contribution in [0, 0.1) is 10.1 Å². The summed E-state index contributed by atoms with van der Waals surface area (Å²) >= 11 is 0. The van der Waals surface area contributed by atoms with Gasteiger partial charge < -0.3 is 9.84 Å². The molecule has 1 rings (SSSR count). The molecule has 0 aliphatic carbocycles. The number of para-hydroxylation sites is 1. The number of ether oxygens (including phenoxy) is 1. The van der Waals surface area contributed by atoms with Crippen molar-refractivity contribution in [2.45, 2.75) is 27.4 Å². The third-order valence-electron chi connectivity index (χ3n) is 3.95. The molecule has 0 bridgehead atoms. The van der Waals surface area contributed by atoms with Crippen LogP contribution < -0.4 is 5.11 Å². The third kappa shape index (κ3) is 4.20. The van der Waals surface area contributed by atoms with Gasteiger partial charge in [0.2, 0.25) is 0 Å². The zero-order valence-corrected chi connectivity index (χ0v) is 14.7. The molecule has 1 aromatic carbocycles.